The molecule has 0 aliphatic heterocycles. The Kier molecular flexibility index (Phi) is 43.9. The molecule has 1 fully saturated rings. The van der Waals surface area contributed by atoms with Crippen LogP contribution in [-0.2, 0) is 4.79 Å². The number of carbonyl (C=O) groups is 1. The number of hydrogen-bond acceptors (Lipinski definition) is 1. The van der Waals surface area contributed by atoms with Crippen LogP contribution in [0.25, 0.3) is 0 Å². The Bertz CT molecular complexity index is 562. The molecule has 0 bridgehead atoms. The Labute approximate surface area is 249 Å². The van der Waals surface area contributed by atoms with E-state index in [0.29, 0.717) is 23.7 Å². The van der Waals surface area contributed by atoms with Crippen LogP contribution in [0.5, 0.6) is 0 Å². The van der Waals surface area contributed by atoms with Crippen molar-refractivity contribution < 1.29 is 4.79 Å². The molecule has 0 heterocycles. The summed E-state index contributed by atoms with van der Waals surface area (Å²) < 4.78 is 0. The Balaban J connectivity index is -0.000000107. The van der Waals surface area contributed by atoms with Crippen LogP contribution in [0.2, 0.25) is 0 Å². The second kappa shape index (κ2) is 34.2. The molecule has 234 valence electrons. The van der Waals surface area contributed by atoms with Gasteiger partial charge in [-0.2, -0.15) is 0 Å². The van der Waals surface area contributed by atoms with E-state index in [-0.39, 0.29) is 5.41 Å². The van der Waals surface area contributed by atoms with Crippen molar-refractivity contribution in [3.05, 3.63) is 63.3 Å². The van der Waals surface area contributed by atoms with Gasteiger partial charge in [0.15, 0.2) is 0 Å². The molecule has 1 aliphatic rings. The van der Waals surface area contributed by atoms with Gasteiger partial charge in [-0.1, -0.05) is 106 Å². The van der Waals surface area contributed by atoms with Crippen LogP contribution in [0, 0.1) is 22.7 Å². The van der Waals surface area contributed by atoms with E-state index in [4.69, 9.17) is 0 Å². The van der Waals surface area contributed by atoms with Crippen molar-refractivity contribution in [2.24, 2.45) is 22.7 Å². The molecule has 0 saturated heterocycles. The standard InChI is InChI=1S/C16H31NO.C7H14.C4H8.2C3H6.C2H6.C2H4/c1-7-13-11-16(13,6)9-10-17(8-2)14(18)12-15(3,4)5;1-5-7(4)6(2)3;1-3-4-2;2*1-3-2;2*1-2/h13H,7-12H2,1-6H3;7H,2,5H2,1,3-4H3;3H,1,4H2,2H3;2*3H,1H2,2H3;1-2H3;1-2H2. The molecule has 0 aromatic heterocycles. The van der Waals surface area contributed by atoms with Gasteiger partial charge in [-0.25, -0.2) is 0 Å². The number of amides is 1. The quantitative estimate of drug-likeness (QED) is 0.262. The first-order valence-electron chi connectivity index (χ1n) is 15.3. The predicted molar refractivity (Wildman–Crippen MR) is 187 cm³/mol. The third kappa shape index (κ3) is 38.4. The number of hydrogen-bond donors (Lipinski definition) is 0. The van der Waals surface area contributed by atoms with E-state index in [0.717, 1.165) is 25.4 Å². The lowest BCUT2D eigenvalue weighted by Gasteiger charge is -2.27. The molecule has 0 N–H and O–H groups in total. The Morgan fingerprint density at radius 3 is 1.59 bits per heavy atom. The van der Waals surface area contributed by atoms with Crippen molar-refractivity contribution >= 4 is 5.91 Å². The van der Waals surface area contributed by atoms with Crippen LogP contribution in [-0.4, -0.2) is 23.9 Å². The van der Waals surface area contributed by atoms with Crippen molar-refractivity contribution in [1.29, 1.82) is 0 Å². The van der Waals surface area contributed by atoms with Crippen molar-refractivity contribution in [1.82, 2.24) is 4.90 Å². The van der Waals surface area contributed by atoms with E-state index in [1.807, 2.05) is 38.7 Å². The Morgan fingerprint density at radius 2 is 1.41 bits per heavy atom. The monoisotopic (exact) mass is 550 g/mol. The molecule has 1 saturated carbocycles. The van der Waals surface area contributed by atoms with E-state index < -0.39 is 0 Å². The maximum absolute atomic E-state index is 12.2. The van der Waals surface area contributed by atoms with Gasteiger partial charge < -0.3 is 4.90 Å². The first-order chi connectivity index (χ1) is 18.1. The van der Waals surface area contributed by atoms with Crippen LogP contribution in [0.3, 0.4) is 0 Å². The van der Waals surface area contributed by atoms with Crippen LogP contribution in [0.4, 0.5) is 0 Å². The third-order valence-corrected chi connectivity index (χ3v) is 6.14. The summed E-state index contributed by atoms with van der Waals surface area (Å²) in [5.41, 5.74) is 1.91. The maximum Gasteiger partial charge on any atom is 0.223 e. The zero-order valence-electron chi connectivity index (χ0n) is 29.6. The van der Waals surface area contributed by atoms with Crippen molar-refractivity contribution in [3.63, 3.8) is 0 Å². The van der Waals surface area contributed by atoms with Gasteiger partial charge in [0.2, 0.25) is 5.91 Å². The predicted octanol–water partition coefficient (Wildman–Crippen LogP) is 12.5. The summed E-state index contributed by atoms with van der Waals surface area (Å²) in [7, 11) is 0. The smallest absolute Gasteiger partial charge is 0.223 e. The van der Waals surface area contributed by atoms with Crippen molar-refractivity contribution in [2.75, 3.05) is 13.1 Å². The fourth-order valence-corrected chi connectivity index (χ4v) is 3.21. The number of carbonyl (C=O) groups excluding carboxylic acids is 1. The average Bonchev–Trinajstić information content (AvgIpc) is 3.56. The van der Waals surface area contributed by atoms with Crippen LogP contribution < -0.4 is 0 Å². The van der Waals surface area contributed by atoms with Gasteiger partial charge in [0.25, 0.3) is 0 Å². The van der Waals surface area contributed by atoms with E-state index in [9.17, 15) is 4.79 Å². The summed E-state index contributed by atoms with van der Waals surface area (Å²) in [6.07, 6.45) is 12.2. The average molecular weight is 550 g/mol. The van der Waals surface area contributed by atoms with Crippen LogP contribution in [0.15, 0.2) is 63.3 Å². The molecule has 0 aromatic rings. The fraction of sp³-hybridized carbons (Fsp3) is 0.703. The lowest BCUT2D eigenvalue weighted by molar-refractivity contribution is -0.133. The summed E-state index contributed by atoms with van der Waals surface area (Å²) in [6, 6.07) is 0. The third-order valence-electron chi connectivity index (χ3n) is 6.14. The normalized spacial score (nSPS) is 16.5. The van der Waals surface area contributed by atoms with Crippen LogP contribution >= 0.6 is 0 Å². The highest BCUT2D eigenvalue weighted by Crippen LogP contribution is 2.56. The number of nitrogens with zero attached hydrogens (tertiary/aromatic N) is 1. The Hall–Kier alpha value is -1.83. The summed E-state index contributed by atoms with van der Waals surface area (Å²) in [5.74, 6) is 1.93. The first-order valence-corrected chi connectivity index (χ1v) is 15.3. The van der Waals surface area contributed by atoms with Gasteiger partial charge in [0, 0.05) is 19.5 Å². The first kappa shape index (κ1) is 50.1. The van der Waals surface area contributed by atoms with Gasteiger partial charge in [-0.15, -0.1) is 32.9 Å². The van der Waals surface area contributed by atoms with Gasteiger partial charge in [0.1, 0.15) is 0 Å². The molecule has 39 heavy (non-hydrogen) atoms. The number of allylic oxidation sites excluding steroid dienone is 4. The summed E-state index contributed by atoms with van der Waals surface area (Å²) in [6.45, 7) is 51.3. The van der Waals surface area contributed by atoms with E-state index in [2.05, 4.69) is 109 Å². The molecule has 1 aliphatic carbocycles. The minimum atomic E-state index is 0.0972. The van der Waals surface area contributed by atoms with Gasteiger partial charge in [0.05, 0.1) is 0 Å². The lowest BCUT2D eigenvalue weighted by Crippen LogP contribution is -2.35. The van der Waals surface area contributed by atoms with E-state index >= 15 is 0 Å². The van der Waals surface area contributed by atoms with Crippen molar-refractivity contribution in [3.8, 4) is 0 Å². The molecule has 0 radical (unpaired) electrons. The highest BCUT2D eigenvalue weighted by atomic mass is 16.2. The highest BCUT2D eigenvalue weighted by molar-refractivity contribution is 5.76. The summed E-state index contributed by atoms with van der Waals surface area (Å²) >= 11 is 0. The van der Waals surface area contributed by atoms with Gasteiger partial charge in [-0.3, -0.25) is 4.79 Å². The minimum Gasteiger partial charge on any atom is -0.343 e. The highest BCUT2D eigenvalue weighted by Gasteiger charge is 2.47. The largest absolute Gasteiger partial charge is 0.343 e. The molecule has 0 aromatic carbocycles. The molecule has 1 amide bonds. The number of rotatable bonds is 9. The summed E-state index contributed by atoms with van der Waals surface area (Å²) in [4.78, 5) is 14.2. The van der Waals surface area contributed by atoms with Gasteiger partial charge >= 0.3 is 0 Å². The van der Waals surface area contributed by atoms with E-state index in [1.165, 1.54) is 31.3 Å². The zero-order chi connectivity index (χ0) is 32.7. The molecular formula is C37H75NO. The second-order valence-corrected chi connectivity index (χ2v) is 11.1. The van der Waals surface area contributed by atoms with Gasteiger partial charge in [-0.05, 0) is 76.0 Å². The molecular weight excluding hydrogens is 474 g/mol. The molecule has 3 atom stereocenters. The maximum atomic E-state index is 12.2. The molecule has 3 unspecified atom stereocenters. The fourth-order valence-electron chi connectivity index (χ4n) is 3.21. The van der Waals surface area contributed by atoms with E-state index in [1.54, 1.807) is 12.2 Å². The molecule has 2 nitrogen and oxygen atoms in total. The second-order valence-electron chi connectivity index (χ2n) is 11.1. The Morgan fingerprint density at radius 1 is 1.03 bits per heavy atom. The topological polar surface area (TPSA) is 20.3 Å². The van der Waals surface area contributed by atoms with Crippen molar-refractivity contribution in [2.45, 2.75) is 135 Å². The molecule has 1 rings (SSSR count). The molecule has 0 spiro atoms. The summed E-state index contributed by atoms with van der Waals surface area (Å²) in [5, 5.41) is 0. The lowest BCUT2D eigenvalue weighted by atomic mass is 9.91. The van der Waals surface area contributed by atoms with Crippen LogP contribution in [0.1, 0.15) is 135 Å². The SMILES string of the molecule is C=C.C=C(C)C(C)CC.C=CC.C=CC.C=CCC.CC.CCC1CC1(C)CCN(CC)C(=O)CC(C)(C)C. The molecule has 2 heteroatoms. The zero-order valence-corrected chi connectivity index (χ0v) is 29.6. The minimum absolute atomic E-state index is 0.0972.